The Morgan fingerprint density at radius 1 is 1.13 bits per heavy atom. The van der Waals surface area contributed by atoms with Gasteiger partial charge in [-0.25, -0.2) is 4.79 Å². The summed E-state index contributed by atoms with van der Waals surface area (Å²) in [6.07, 6.45) is 4.49. The minimum atomic E-state index is -2.98. The van der Waals surface area contributed by atoms with Gasteiger partial charge >= 0.3 is 12.6 Å². The standard InChI is InChI=1S/C22H20F2N2O4/c1-29-21(28)18(12-15-13-25-17-8-4-3-7-16(15)17)26-20(27)11-10-14-6-2-5-9-19(14)30-22(23)24/h2-11,13,18,22,25H,12H2,1H3,(H,26,27)/b11-10-. The third-order valence-electron chi connectivity index (χ3n) is 4.45. The summed E-state index contributed by atoms with van der Waals surface area (Å²) in [5.74, 6) is -1.22. The second-order valence-corrected chi connectivity index (χ2v) is 6.40. The van der Waals surface area contributed by atoms with Gasteiger partial charge in [0, 0.05) is 35.2 Å². The highest BCUT2D eigenvalue weighted by atomic mass is 19.3. The molecule has 1 unspecified atom stereocenters. The highest BCUT2D eigenvalue weighted by molar-refractivity contribution is 5.95. The summed E-state index contributed by atoms with van der Waals surface area (Å²) in [4.78, 5) is 27.7. The molecule has 0 aliphatic heterocycles. The minimum Gasteiger partial charge on any atom is -0.467 e. The number of aromatic nitrogens is 1. The van der Waals surface area contributed by atoms with Crippen LogP contribution in [0.25, 0.3) is 17.0 Å². The number of benzene rings is 2. The number of hydrogen-bond donors (Lipinski definition) is 2. The number of hydrogen-bond acceptors (Lipinski definition) is 4. The van der Waals surface area contributed by atoms with Crippen molar-refractivity contribution in [1.29, 1.82) is 0 Å². The molecule has 8 heteroatoms. The zero-order chi connectivity index (χ0) is 21.5. The predicted molar refractivity (Wildman–Crippen MR) is 108 cm³/mol. The van der Waals surface area contributed by atoms with Gasteiger partial charge < -0.3 is 19.8 Å². The van der Waals surface area contributed by atoms with E-state index in [4.69, 9.17) is 4.74 Å². The largest absolute Gasteiger partial charge is 0.467 e. The number of nitrogens with one attached hydrogen (secondary N) is 2. The zero-order valence-corrected chi connectivity index (χ0v) is 16.1. The molecule has 0 spiro atoms. The van der Waals surface area contributed by atoms with Crippen LogP contribution in [0.15, 0.2) is 60.8 Å². The summed E-state index contributed by atoms with van der Waals surface area (Å²) in [6, 6.07) is 12.8. The average Bonchev–Trinajstić information content (AvgIpc) is 3.14. The van der Waals surface area contributed by atoms with E-state index in [0.29, 0.717) is 5.56 Å². The Kier molecular flexibility index (Phi) is 6.79. The molecule has 30 heavy (non-hydrogen) atoms. The van der Waals surface area contributed by atoms with E-state index in [1.165, 1.54) is 25.3 Å². The molecule has 0 saturated carbocycles. The molecule has 0 bridgehead atoms. The molecule has 156 valence electrons. The molecule has 0 aliphatic carbocycles. The smallest absolute Gasteiger partial charge is 0.387 e. The number of alkyl halides is 2. The molecule has 3 aromatic rings. The van der Waals surface area contributed by atoms with Crippen LogP contribution in [0, 0.1) is 0 Å². The van der Waals surface area contributed by atoms with Gasteiger partial charge in [-0.2, -0.15) is 8.78 Å². The number of para-hydroxylation sites is 2. The maximum absolute atomic E-state index is 12.5. The Hall–Kier alpha value is -3.68. The fourth-order valence-corrected chi connectivity index (χ4v) is 3.06. The van der Waals surface area contributed by atoms with E-state index in [1.54, 1.807) is 18.3 Å². The number of amides is 1. The van der Waals surface area contributed by atoms with Gasteiger partial charge in [0.1, 0.15) is 11.8 Å². The molecule has 6 nitrogen and oxygen atoms in total. The molecular formula is C22H20F2N2O4. The summed E-state index contributed by atoms with van der Waals surface area (Å²) in [6.45, 7) is -2.98. The summed E-state index contributed by atoms with van der Waals surface area (Å²) in [5.41, 5.74) is 2.07. The monoisotopic (exact) mass is 414 g/mol. The fraction of sp³-hybridized carbons (Fsp3) is 0.182. The van der Waals surface area contributed by atoms with Gasteiger partial charge in [0.2, 0.25) is 5.91 Å². The molecule has 2 aromatic carbocycles. The van der Waals surface area contributed by atoms with Crippen LogP contribution in [0.5, 0.6) is 5.75 Å². The summed E-state index contributed by atoms with van der Waals surface area (Å²) >= 11 is 0. The first-order chi connectivity index (χ1) is 14.5. The third-order valence-corrected chi connectivity index (χ3v) is 4.45. The van der Waals surface area contributed by atoms with E-state index in [9.17, 15) is 18.4 Å². The molecule has 1 aromatic heterocycles. The Labute approximate surface area is 171 Å². The van der Waals surface area contributed by atoms with Crippen LogP contribution in [0.2, 0.25) is 0 Å². The van der Waals surface area contributed by atoms with Crippen LogP contribution < -0.4 is 10.1 Å². The van der Waals surface area contributed by atoms with Crippen LogP contribution in [0.1, 0.15) is 11.1 Å². The second kappa shape index (κ2) is 9.69. The van der Waals surface area contributed by atoms with Crippen molar-refractivity contribution in [1.82, 2.24) is 10.3 Å². The second-order valence-electron chi connectivity index (χ2n) is 6.40. The number of carbonyl (C=O) groups is 2. The summed E-state index contributed by atoms with van der Waals surface area (Å²) in [5, 5.41) is 3.54. The highest BCUT2D eigenvalue weighted by Crippen LogP contribution is 2.22. The van der Waals surface area contributed by atoms with Crippen LogP contribution >= 0.6 is 0 Å². The number of halogens is 2. The zero-order valence-electron chi connectivity index (χ0n) is 16.1. The van der Waals surface area contributed by atoms with E-state index in [2.05, 4.69) is 15.0 Å². The van der Waals surface area contributed by atoms with Gasteiger partial charge in [0.15, 0.2) is 0 Å². The third kappa shape index (κ3) is 5.22. The molecular weight excluding hydrogens is 394 g/mol. The number of rotatable bonds is 8. The Morgan fingerprint density at radius 2 is 1.87 bits per heavy atom. The number of aromatic amines is 1. The number of H-pyrrole nitrogens is 1. The first-order valence-electron chi connectivity index (χ1n) is 9.13. The summed E-state index contributed by atoms with van der Waals surface area (Å²) in [7, 11) is 1.24. The Morgan fingerprint density at radius 3 is 2.63 bits per heavy atom. The quantitative estimate of drug-likeness (QED) is 0.435. The van der Waals surface area contributed by atoms with E-state index in [1.807, 2.05) is 24.3 Å². The summed E-state index contributed by atoms with van der Waals surface area (Å²) < 4.78 is 34.3. The first-order valence-corrected chi connectivity index (χ1v) is 9.13. The maximum atomic E-state index is 12.5. The molecule has 1 amide bonds. The number of esters is 1. The molecule has 0 fully saturated rings. The molecule has 0 aliphatic rings. The van der Waals surface area contributed by atoms with Crippen molar-refractivity contribution in [2.24, 2.45) is 0 Å². The van der Waals surface area contributed by atoms with Crippen molar-refractivity contribution in [3.63, 3.8) is 0 Å². The van der Waals surface area contributed by atoms with Crippen LogP contribution in [0.3, 0.4) is 0 Å². The molecule has 0 saturated heterocycles. The Bertz CT molecular complexity index is 1060. The molecule has 2 N–H and O–H groups in total. The van der Waals surface area contributed by atoms with Crippen LogP contribution in [-0.4, -0.2) is 36.6 Å². The van der Waals surface area contributed by atoms with Crippen molar-refractivity contribution in [2.75, 3.05) is 7.11 Å². The van der Waals surface area contributed by atoms with Gasteiger partial charge in [-0.1, -0.05) is 36.4 Å². The number of methoxy groups -OCH3 is 1. The lowest BCUT2D eigenvalue weighted by molar-refractivity contribution is -0.144. The van der Waals surface area contributed by atoms with Crippen molar-refractivity contribution < 1.29 is 27.8 Å². The van der Waals surface area contributed by atoms with Crippen molar-refractivity contribution in [3.8, 4) is 5.75 Å². The van der Waals surface area contributed by atoms with Crippen molar-refractivity contribution in [2.45, 2.75) is 19.1 Å². The maximum Gasteiger partial charge on any atom is 0.387 e. The highest BCUT2D eigenvalue weighted by Gasteiger charge is 2.22. The average molecular weight is 414 g/mol. The van der Waals surface area contributed by atoms with Crippen molar-refractivity contribution >= 4 is 28.9 Å². The van der Waals surface area contributed by atoms with E-state index < -0.39 is 24.5 Å². The van der Waals surface area contributed by atoms with E-state index in [0.717, 1.165) is 22.5 Å². The minimum absolute atomic E-state index is 0.0557. The van der Waals surface area contributed by atoms with Crippen LogP contribution in [0.4, 0.5) is 8.78 Å². The Balaban J connectivity index is 1.73. The van der Waals surface area contributed by atoms with Crippen molar-refractivity contribution in [3.05, 3.63) is 71.9 Å². The molecule has 1 atom stereocenters. The lowest BCUT2D eigenvalue weighted by atomic mass is 10.0. The van der Waals surface area contributed by atoms with Gasteiger partial charge in [0.05, 0.1) is 7.11 Å². The first kappa shape index (κ1) is 21.0. The number of fused-ring (bicyclic) bond motifs is 1. The fourth-order valence-electron chi connectivity index (χ4n) is 3.06. The molecule has 0 radical (unpaired) electrons. The SMILES string of the molecule is COC(=O)C(Cc1c[nH]c2ccccc12)NC(=O)/C=C\c1ccccc1OC(F)F. The lowest BCUT2D eigenvalue weighted by Gasteiger charge is -2.15. The van der Waals surface area contributed by atoms with E-state index >= 15 is 0 Å². The van der Waals surface area contributed by atoms with E-state index in [-0.39, 0.29) is 12.2 Å². The van der Waals surface area contributed by atoms with Gasteiger partial charge in [-0.15, -0.1) is 0 Å². The van der Waals surface area contributed by atoms with Gasteiger partial charge in [-0.3, -0.25) is 4.79 Å². The normalized spacial score (nSPS) is 12.3. The van der Waals surface area contributed by atoms with Gasteiger partial charge in [0.25, 0.3) is 0 Å². The number of carbonyl (C=O) groups excluding carboxylic acids is 2. The molecule has 1 heterocycles. The lowest BCUT2D eigenvalue weighted by Crippen LogP contribution is -2.42. The topological polar surface area (TPSA) is 80.4 Å². The number of ether oxygens (including phenoxy) is 2. The predicted octanol–water partition coefficient (Wildman–Crippen LogP) is 3.68. The molecule has 3 rings (SSSR count). The van der Waals surface area contributed by atoms with Gasteiger partial charge in [-0.05, 0) is 23.8 Å². The van der Waals surface area contributed by atoms with Crippen LogP contribution in [-0.2, 0) is 20.7 Å².